The number of hydrazone groups is 1. The fraction of sp³-hybridized carbons (Fsp3) is 0.182. The van der Waals surface area contributed by atoms with Gasteiger partial charge in [0.2, 0.25) is 0 Å². The van der Waals surface area contributed by atoms with Crippen LogP contribution in [0.25, 0.3) is 0 Å². The summed E-state index contributed by atoms with van der Waals surface area (Å²) in [5.41, 5.74) is 4.78. The summed E-state index contributed by atoms with van der Waals surface area (Å²) >= 11 is 0. The van der Waals surface area contributed by atoms with Crippen molar-refractivity contribution in [2.24, 2.45) is 10.9 Å². The topological polar surface area (TPSA) is 76.7 Å². The second-order valence-corrected chi connectivity index (χ2v) is 6.10. The fourth-order valence-corrected chi connectivity index (χ4v) is 2.76. The van der Waals surface area contributed by atoms with E-state index in [0.29, 0.717) is 0 Å². The van der Waals surface area contributed by atoms with Crippen LogP contribution >= 0.6 is 0 Å². The molecule has 5 nitrogen and oxygen atoms in total. The molecule has 0 radical (unpaired) electrons. The highest BCUT2D eigenvalue weighted by molar-refractivity contribution is 5.80. The zero-order chi connectivity index (χ0) is 19.6. The Morgan fingerprint density at radius 2 is 1.74 bits per heavy atom. The lowest BCUT2D eigenvalue weighted by molar-refractivity contribution is -0.145. The Morgan fingerprint density at radius 3 is 2.22 bits per heavy atom. The summed E-state index contributed by atoms with van der Waals surface area (Å²) in [6.07, 6.45) is 6.12. The van der Waals surface area contributed by atoms with Crippen molar-refractivity contribution in [2.75, 3.05) is 5.32 Å². The predicted molar refractivity (Wildman–Crippen MR) is 111 cm³/mol. The second kappa shape index (κ2) is 9.97. The number of hydrogen-bond acceptors (Lipinski definition) is 5. The van der Waals surface area contributed by atoms with Crippen molar-refractivity contribution >= 4 is 17.9 Å². The summed E-state index contributed by atoms with van der Waals surface area (Å²) in [7, 11) is 0. The Hall–Kier alpha value is -3.34. The molecular formula is C22H25N3O2. The molecule has 2 aromatic carbocycles. The second-order valence-electron chi connectivity index (χ2n) is 6.10. The highest BCUT2D eigenvalue weighted by atomic mass is 16.6. The number of nitrogens with zero attached hydrogens (tertiary/aromatic N) is 1. The van der Waals surface area contributed by atoms with Crippen molar-refractivity contribution in [3.63, 3.8) is 0 Å². The summed E-state index contributed by atoms with van der Waals surface area (Å²) in [5, 5.41) is 6.77. The number of allylic oxidation sites excluding steroid dienone is 2. The van der Waals surface area contributed by atoms with Crippen LogP contribution in [0.1, 0.15) is 35.4 Å². The molecule has 2 aromatic rings. The lowest BCUT2D eigenvalue weighted by atomic mass is 10.0. The lowest BCUT2D eigenvalue weighted by Gasteiger charge is -2.21. The molecule has 0 bridgehead atoms. The van der Waals surface area contributed by atoms with Gasteiger partial charge in [0.1, 0.15) is 0 Å². The minimum absolute atomic E-state index is 0.362. The molecule has 5 heteroatoms. The molecule has 0 aromatic heterocycles. The number of carbonyl (C=O) groups is 1. The van der Waals surface area contributed by atoms with Crippen molar-refractivity contribution in [1.82, 2.24) is 0 Å². The van der Waals surface area contributed by atoms with Crippen LogP contribution in [0.4, 0.5) is 5.69 Å². The van der Waals surface area contributed by atoms with Gasteiger partial charge in [0.15, 0.2) is 6.23 Å². The van der Waals surface area contributed by atoms with E-state index in [1.54, 1.807) is 6.21 Å². The highest BCUT2D eigenvalue weighted by Gasteiger charge is 2.16. The van der Waals surface area contributed by atoms with Crippen LogP contribution in [0.5, 0.6) is 0 Å². The normalized spacial score (nSPS) is 11.7. The Kier molecular flexibility index (Phi) is 7.37. The molecule has 0 heterocycles. The Bertz CT molecular complexity index is 798. The van der Waals surface area contributed by atoms with Gasteiger partial charge in [-0.05, 0) is 53.8 Å². The Labute approximate surface area is 160 Å². The third-order valence-corrected chi connectivity index (χ3v) is 3.85. The monoisotopic (exact) mass is 363 g/mol. The first-order valence-electron chi connectivity index (χ1n) is 8.67. The average Bonchev–Trinajstić information content (AvgIpc) is 2.63. The first-order chi connectivity index (χ1) is 13.0. The molecule has 0 aliphatic carbocycles. The summed E-state index contributed by atoms with van der Waals surface area (Å²) < 4.78 is 5.54. The van der Waals surface area contributed by atoms with Crippen molar-refractivity contribution < 1.29 is 9.53 Å². The van der Waals surface area contributed by atoms with Crippen molar-refractivity contribution in [3.8, 4) is 0 Å². The molecular weight excluding hydrogens is 338 g/mol. The number of hydrogen-bond donors (Lipinski definition) is 2. The van der Waals surface area contributed by atoms with Gasteiger partial charge >= 0.3 is 5.97 Å². The highest BCUT2D eigenvalue weighted by Crippen LogP contribution is 2.24. The summed E-state index contributed by atoms with van der Waals surface area (Å²) in [6, 6.07) is 13.7. The molecule has 27 heavy (non-hydrogen) atoms. The number of anilines is 1. The van der Waals surface area contributed by atoms with Crippen LogP contribution in [0.15, 0.2) is 72.9 Å². The lowest BCUT2D eigenvalue weighted by Crippen LogP contribution is -2.18. The van der Waals surface area contributed by atoms with E-state index in [9.17, 15) is 4.79 Å². The summed E-state index contributed by atoms with van der Waals surface area (Å²) in [4.78, 5) is 11.7. The maximum absolute atomic E-state index is 11.7. The SMILES string of the molecule is C=CCc1cc(CC=C)cc(C(Nc2ccc(C=NN)cc2)OC(C)=O)c1. The van der Waals surface area contributed by atoms with E-state index in [1.807, 2.05) is 48.6 Å². The van der Waals surface area contributed by atoms with Gasteiger partial charge in [-0.2, -0.15) is 5.10 Å². The predicted octanol–water partition coefficient (Wildman–Crippen LogP) is 4.11. The van der Waals surface area contributed by atoms with Crippen LogP contribution in [-0.2, 0) is 22.4 Å². The molecule has 140 valence electrons. The molecule has 0 saturated heterocycles. The van der Waals surface area contributed by atoms with Gasteiger partial charge in [-0.1, -0.05) is 30.4 Å². The number of esters is 1. The minimum Gasteiger partial charge on any atom is -0.438 e. The van der Waals surface area contributed by atoms with Crippen LogP contribution in [-0.4, -0.2) is 12.2 Å². The quantitative estimate of drug-likeness (QED) is 0.176. The number of ether oxygens (including phenoxy) is 1. The molecule has 0 saturated carbocycles. The maximum Gasteiger partial charge on any atom is 0.304 e. The molecule has 0 amide bonds. The van der Waals surface area contributed by atoms with Gasteiger partial charge in [-0.25, -0.2) is 0 Å². The standard InChI is InChI=1S/C22H25N3O2/c1-4-6-18-12-19(7-5-2)14-20(13-18)22(27-16(3)26)25-21-10-8-17(9-11-21)15-24-23/h4-5,8-15,22,25H,1-2,6-7,23H2,3H3. The van der Waals surface area contributed by atoms with Gasteiger partial charge in [-0.15, -0.1) is 13.2 Å². The van der Waals surface area contributed by atoms with Gasteiger partial charge in [0.05, 0.1) is 6.21 Å². The fourth-order valence-electron chi connectivity index (χ4n) is 2.76. The Morgan fingerprint density at radius 1 is 1.15 bits per heavy atom. The first kappa shape index (κ1) is 20.0. The molecule has 1 atom stereocenters. The van der Waals surface area contributed by atoms with E-state index in [0.717, 1.165) is 40.8 Å². The third-order valence-electron chi connectivity index (χ3n) is 3.85. The number of nitrogens with one attached hydrogen (secondary N) is 1. The molecule has 0 spiro atoms. The van der Waals surface area contributed by atoms with Crippen LogP contribution in [0.2, 0.25) is 0 Å². The van der Waals surface area contributed by atoms with Crippen LogP contribution in [0, 0.1) is 0 Å². The smallest absolute Gasteiger partial charge is 0.304 e. The van der Waals surface area contributed by atoms with E-state index < -0.39 is 6.23 Å². The van der Waals surface area contributed by atoms with E-state index in [1.165, 1.54) is 6.92 Å². The van der Waals surface area contributed by atoms with E-state index >= 15 is 0 Å². The van der Waals surface area contributed by atoms with Gasteiger partial charge in [0, 0.05) is 18.2 Å². The van der Waals surface area contributed by atoms with Crippen molar-refractivity contribution in [3.05, 3.63) is 90.0 Å². The number of nitrogens with two attached hydrogens (primary N) is 1. The maximum atomic E-state index is 11.7. The minimum atomic E-state index is -0.607. The molecule has 2 rings (SSSR count). The zero-order valence-electron chi connectivity index (χ0n) is 15.5. The number of rotatable bonds is 9. The molecule has 3 N–H and O–H groups in total. The van der Waals surface area contributed by atoms with Crippen molar-refractivity contribution in [2.45, 2.75) is 26.0 Å². The molecule has 0 aliphatic heterocycles. The zero-order valence-corrected chi connectivity index (χ0v) is 15.5. The number of benzene rings is 2. The average molecular weight is 363 g/mol. The van der Waals surface area contributed by atoms with E-state index in [2.05, 4.69) is 29.6 Å². The summed E-state index contributed by atoms with van der Waals surface area (Å²) in [5.74, 6) is 4.81. The van der Waals surface area contributed by atoms with E-state index in [-0.39, 0.29) is 5.97 Å². The first-order valence-corrected chi connectivity index (χ1v) is 8.67. The van der Waals surface area contributed by atoms with Gasteiger partial charge in [-0.3, -0.25) is 4.79 Å². The van der Waals surface area contributed by atoms with Gasteiger partial charge < -0.3 is 15.9 Å². The number of carbonyl (C=O) groups excluding carboxylic acids is 1. The molecule has 1 unspecified atom stereocenters. The molecule has 0 fully saturated rings. The van der Waals surface area contributed by atoms with Crippen molar-refractivity contribution in [1.29, 1.82) is 0 Å². The van der Waals surface area contributed by atoms with Gasteiger partial charge in [0.25, 0.3) is 0 Å². The van der Waals surface area contributed by atoms with Crippen LogP contribution < -0.4 is 11.2 Å². The van der Waals surface area contributed by atoms with Crippen LogP contribution in [0.3, 0.4) is 0 Å². The van der Waals surface area contributed by atoms with E-state index in [4.69, 9.17) is 10.6 Å². The third kappa shape index (κ3) is 6.15. The molecule has 0 aliphatic rings. The largest absolute Gasteiger partial charge is 0.438 e. The Balaban J connectivity index is 2.35. The summed E-state index contributed by atoms with van der Waals surface area (Å²) in [6.45, 7) is 9.01.